The number of benzene rings is 3. The second-order valence-electron chi connectivity index (χ2n) is 7.81. The van der Waals surface area contributed by atoms with E-state index in [1.807, 2.05) is 50.2 Å². The molecule has 0 spiro atoms. The minimum Gasteiger partial charge on any atom is -0.375 e. The maximum Gasteiger partial charge on any atom is 0.264 e. The number of Topliss-reactive ketones (excluding diaryl/α,β-unsaturated/α-hetero) is 1. The van der Waals surface area contributed by atoms with Gasteiger partial charge in [-0.25, -0.2) is 0 Å². The van der Waals surface area contributed by atoms with Crippen LogP contribution in [0.2, 0.25) is 5.02 Å². The van der Waals surface area contributed by atoms with Crippen LogP contribution in [0.4, 0.5) is 5.69 Å². The summed E-state index contributed by atoms with van der Waals surface area (Å²) >= 11 is 6.18. The number of aliphatic hydroxyl groups is 1. The number of carbonyl (C=O) groups excluding carboxylic acids is 2. The number of fused-ring (bicyclic) bond motifs is 1. The van der Waals surface area contributed by atoms with E-state index in [0.717, 1.165) is 16.7 Å². The van der Waals surface area contributed by atoms with Gasteiger partial charge in [0.05, 0.1) is 18.7 Å². The molecule has 0 saturated heterocycles. The Morgan fingerprint density at radius 2 is 1.73 bits per heavy atom. The van der Waals surface area contributed by atoms with Gasteiger partial charge in [-0.15, -0.1) is 0 Å². The molecule has 4 rings (SSSR count). The Hall–Kier alpha value is -2.95. The third kappa shape index (κ3) is 3.53. The molecule has 1 aliphatic rings. The van der Waals surface area contributed by atoms with E-state index in [-0.39, 0.29) is 12.2 Å². The van der Waals surface area contributed by atoms with Crippen LogP contribution in [0.3, 0.4) is 0 Å². The van der Waals surface area contributed by atoms with E-state index in [4.69, 9.17) is 11.6 Å². The number of carbonyl (C=O) groups is 2. The van der Waals surface area contributed by atoms with Gasteiger partial charge >= 0.3 is 0 Å². The zero-order valence-electron chi connectivity index (χ0n) is 16.9. The lowest BCUT2D eigenvalue weighted by Gasteiger charge is -2.23. The minimum atomic E-state index is -1.95. The molecule has 1 heterocycles. The number of hydrogen-bond donors (Lipinski definition) is 1. The zero-order chi connectivity index (χ0) is 21.5. The number of ketones is 1. The maximum atomic E-state index is 13.4. The molecule has 1 amide bonds. The molecule has 1 atom stereocenters. The largest absolute Gasteiger partial charge is 0.375 e. The van der Waals surface area contributed by atoms with Crippen molar-refractivity contribution < 1.29 is 14.7 Å². The zero-order valence-corrected chi connectivity index (χ0v) is 17.6. The van der Waals surface area contributed by atoms with Gasteiger partial charge in [-0.3, -0.25) is 9.59 Å². The monoisotopic (exact) mass is 419 g/mol. The summed E-state index contributed by atoms with van der Waals surface area (Å²) in [7, 11) is 0. The summed E-state index contributed by atoms with van der Waals surface area (Å²) in [6.07, 6.45) is -0.341. The molecule has 5 heteroatoms. The summed E-state index contributed by atoms with van der Waals surface area (Å²) in [5.74, 6) is -0.807. The molecule has 3 aromatic carbocycles. The first-order chi connectivity index (χ1) is 14.3. The second-order valence-corrected chi connectivity index (χ2v) is 8.24. The Labute approximate surface area is 180 Å². The van der Waals surface area contributed by atoms with E-state index in [2.05, 4.69) is 0 Å². The lowest BCUT2D eigenvalue weighted by molar-refractivity contribution is -0.136. The van der Waals surface area contributed by atoms with Crippen LogP contribution in [0.5, 0.6) is 0 Å². The Kier molecular flexibility index (Phi) is 5.22. The van der Waals surface area contributed by atoms with Crippen LogP contribution < -0.4 is 4.90 Å². The topological polar surface area (TPSA) is 57.6 Å². The molecular weight excluding hydrogens is 398 g/mol. The highest BCUT2D eigenvalue weighted by Crippen LogP contribution is 2.44. The average Bonchev–Trinajstić information content (AvgIpc) is 2.91. The molecule has 0 saturated carbocycles. The van der Waals surface area contributed by atoms with Crippen molar-refractivity contribution in [3.8, 4) is 0 Å². The van der Waals surface area contributed by atoms with E-state index in [9.17, 15) is 14.7 Å². The molecule has 0 bridgehead atoms. The molecular formula is C25H22ClNO3. The smallest absolute Gasteiger partial charge is 0.264 e. The Bertz CT molecular complexity index is 1140. The van der Waals surface area contributed by atoms with Gasteiger partial charge in [0.2, 0.25) is 0 Å². The third-order valence-corrected chi connectivity index (χ3v) is 5.91. The fourth-order valence-corrected chi connectivity index (χ4v) is 4.05. The van der Waals surface area contributed by atoms with Crippen LogP contribution in [-0.4, -0.2) is 16.8 Å². The number of halogens is 1. The number of nitrogens with zero attached hydrogens (tertiary/aromatic N) is 1. The highest BCUT2D eigenvalue weighted by molar-refractivity contribution is 6.31. The van der Waals surface area contributed by atoms with Crippen molar-refractivity contribution in [3.63, 3.8) is 0 Å². The van der Waals surface area contributed by atoms with Gasteiger partial charge in [0.1, 0.15) is 0 Å². The molecule has 0 fully saturated rings. The van der Waals surface area contributed by atoms with Crippen molar-refractivity contribution in [2.24, 2.45) is 0 Å². The standard InChI is InChI=1S/C25H22ClNO3/c1-16-7-9-18(10-8-16)23(28)14-25(30)21-13-20(26)11-12-22(21)27(24(25)29)15-19-6-4-3-5-17(19)2/h3-13,30H,14-15H2,1-2H3. The van der Waals surface area contributed by atoms with E-state index in [1.165, 1.54) is 4.90 Å². The van der Waals surface area contributed by atoms with Crippen LogP contribution >= 0.6 is 11.6 Å². The fourth-order valence-electron chi connectivity index (χ4n) is 3.88. The average molecular weight is 420 g/mol. The lowest BCUT2D eigenvalue weighted by atomic mass is 9.88. The highest BCUT2D eigenvalue weighted by Gasteiger charge is 2.51. The summed E-state index contributed by atoms with van der Waals surface area (Å²) in [6.45, 7) is 4.22. The molecule has 30 heavy (non-hydrogen) atoms. The van der Waals surface area contributed by atoms with Crippen LogP contribution in [-0.2, 0) is 16.9 Å². The molecule has 152 valence electrons. The Morgan fingerprint density at radius 3 is 2.43 bits per heavy atom. The quantitative estimate of drug-likeness (QED) is 0.594. The number of aryl methyl sites for hydroxylation is 2. The molecule has 1 unspecified atom stereocenters. The first-order valence-corrected chi connectivity index (χ1v) is 10.2. The first-order valence-electron chi connectivity index (χ1n) is 9.78. The molecule has 1 N–H and O–H groups in total. The maximum absolute atomic E-state index is 13.4. The van der Waals surface area contributed by atoms with E-state index < -0.39 is 11.5 Å². The van der Waals surface area contributed by atoms with Gasteiger partial charge < -0.3 is 10.0 Å². The Morgan fingerprint density at radius 1 is 1.03 bits per heavy atom. The first kappa shape index (κ1) is 20.3. The van der Waals surface area contributed by atoms with Gasteiger partial charge in [0.25, 0.3) is 5.91 Å². The molecule has 1 aliphatic heterocycles. The van der Waals surface area contributed by atoms with Crippen molar-refractivity contribution >= 4 is 29.0 Å². The van der Waals surface area contributed by atoms with Gasteiger partial charge in [0, 0.05) is 16.1 Å². The summed E-state index contributed by atoms with van der Waals surface area (Å²) < 4.78 is 0. The van der Waals surface area contributed by atoms with Crippen LogP contribution in [0, 0.1) is 13.8 Å². The minimum absolute atomic E-state index is 0.297. The number of anilines is 1. The predicted octanol–water partition coefficient (Wildman–Crippen LogP) is 4.96. The Balaban J connectivity index is 1.72. The molecule has 0 aliphatic carbocycles. The third-order valence-electron chi connectivity index (χ3n) is 5.67. The van der Waals surface area contributed by atoms with E-state index in [1.54, 1.807) is 30.3 Å². The predicted molar refractivity (Wildman–Crippen MR) is 118 cm³/mol. The second kappa shape index (κ2) is 7.71. The van der Waals surface area contributed by atoms with Crippen LogP contribution in [0.15, 0.2) is 66.7 Å². The van der Waals surface area contributed by atoms with Crippen molar-refractivity contribution in [1.29, 1.82) is 0 Å². The SMILES string of the molecule is Cc1ccc(C(=O)CC2(O)C(=O)N(Cc3ccccc3C)c3ccc(Cl)cc32)cc1. The van der Waals surface area contributed by atoms with Crippen molar-refractivity contribution in [3.05, 3.63) is 99.6 Å². The van der Waals surface area contributed by atoms with Crippen molar-refractivity contribution in [1.82, 2.24) is 0 Å². The van der Waals surface area contributed by atoms with Gasteiger partial charge in [0.15, 0.2) is 11.4 Å². The van der Waals surface area contributed by atoms with Crippen LogP contribution in [0.1, 0.15) is 39.0 Å². The molecule has 0 aromatic heterocycles. The molecule has 4 nitrogen and oxygen atoms in total. The fraction of sp³-hybridized carbons (Fsp3) is 0.200. The number of hydrogen-bond acceptors (Lipinski definition) is 3. The normalized spacial score (nSPS) is 17.9. The summed E-state index contributed by atoms with van der Waals surface area (Å²) in [5, 5.41) is 11.9. The van der Waals surface area contributed by atoms with Gasteiger partial charge in [-0.05, 0) is 43.2 Å². The van der Waals surface area contributed by atoms with Crippen LogP contribution in [0.25, 0.3) is 0 Å². The highest BCUT2D eigenvalue weighted by atomic mass is 35.5. The van der Waals surface area contributed by atoms with E-state index in [0.29, 0.717) is 28.4 Å². The summed E-state index contributed by atoms with van der Waals surface area (Å²) in [4.78, 5) is 27.9. The van der Waals surface area contributed by atoms with E-state index >= 15 is 0 Å². The van der Waals surface area contributed by atoms with Crippen molar-refractivity contribution in [2.75, 3.05) is 4.90 Å². The molecule has 0 radical (unpaired) electrons. The van der Waals surface area contributed by atoms with Gasteiger partial charge in [-0.2, -0.15) is 0 Å². The molecule has 3 aromatic rings. The number of rotatable bonds is 5. The van der Waals surface area contributed by atoms with Gasteiger partial charge in [-0.1, -0.05) is 65.7 Å². The number of amides is 1. The summed E-state index contributed by atoms with van der Waals surface area (Å²) in [6, 6.07) is 19.9. The lowest BCUT2D eigenvalue weighted by Crippen LogP contribution is -2.41. The van der Waals surface area contributed by atoms with Crippen molar-refractivity contribution in [2.45, 2.75) is 32.4 Å². The summed E-state index contributed by atoms with van der Waals surface area (Å²) in [5.41, 5.74) is 2.51.